The molecule has 6 heteroatoms. The van der Waals surface area contributed by atoms with Crippen LogP contribution in [0.3, 0.4) is 0 Å². The van der Waals surface area contributed by atoms with Crippen molar-refractivity contribution in [2.24, 2.45) is 5.92 Å². The second kappa shape index (κ2) is 4.84. The summed E-state index contributed by atoms with van der Waals surface area (Å²) in [5.74, 6) is -3.11. The summed E-state index contributed by atoms with van der Waals surface area (Å²) >= 11 is 0. The van der Waals surface area contributed by atoms with Crippen LogP contribution in [0.25, 0.3) is 0 Å². The van der Waals surface area contributed by atoms with Gasteiger partial charge in [0.15, 0.2) is 0 Å². The van der Waals surface area contributed by atoms with Gasteiger partial charge in [0.1, 0.15) is 0 Å². The highest BCUT2D eigenvalue weighted by molar-refractivity contribution is 5.85. The molecular formula is C10H17ClF2N2O. The van der Waals surface area contributed by atoms with Gasteiger partial charge < -0.3 is 10.2 Å². The van der Waals surface area contributed by atoms with Gasteiger partial charge in [0.25, 0.3) is 0 Å². The second-order valence-corrected chi connectivity index (χ2v) is 4.52. The molecule has 0 unspecified atom stereocenters. The highest BCUT2D eigenvalue weighted by Crippen LogP contribution is 2.43. The van der Waals surface area contributed by atoms with Crippen molar-refractivity contribution in [2.75, 3.05) is 20.1 Å². The minimum Gasteiger partial charge on any atom is -0.341 e. The van der Waals surface area contributed by atoms with Crippen LogP contribution in [-0.4, -0.2) is 42.9 Å². The van der Waals surface area contributed by atoms with Crippen molar-refractivity contribution in [3.63, 3.8) is 0 Å². The molecule has 1 atom stereocenters. The van der Waals surface area contributed by atoms with Crippen molar-refractivity contribution < 1.29 is 13.6 Å². The summed E-state index contributed by atoms with van der Waals surface area (Å²) in [5.41, 5.74) is 0. The number of carbonyl (C=O) groups is 1. The number of amides is 1. The Morgan fingerprint density at radius 1 is 1.44 bits per heavy atom. The van der Waals surface area contributed by atoms with Crippen LogP contribution in [0.5, 0.6) is 0 Å². The van der Waals surface area contributed by atoms with Gasteiger partial charge in [-0.05, 0) is 13.5 Å². The molecule has 1 saturated carbocycles. The third-order valence-electron chi connectivity index (χ3n) is 3.35. The largest absolute Gasteiger partial charge is 0.341 e. The van der Waals surface area contributed by atoms with Crippen LogP contribution in [0.15, 0.2) is 0 Å². The molecule has 0 spiro atoms. The number of halogens is 3. The molecule has 0 radical (unpaired) electrons. The van der Waals surface area contributed by atoms with Crippen LogP contribution in [-0.2, 0) is 4.79 Å². The van der Waals surface area contributed by atoms with E-state index in [9.17, 15) is 13.6 Å². The number of nitrogens with one attached hydrogen (secondary N) is 1. The Kier molecular flexibility index (Phi) is 4.12. The van der Waals surface area contributed by atoms with Crippen molar-refractivity contribution in [1.29, 1.82) is 0 Å². The molecule has 1 amide bonds. The molecule has 0 aromatic heterocycles. The summed E-state index contributed by atoms with van der Waals surface area (Å²) in [4.78, 5) is 13.5. The molecule has 1 N–H and O–H groups in total. The Morgan fingerprint density at radius 3 is 2.50 bits per heavy atom. The maximum absolute atomic E-state index is 12.6. The number of rotatable bonds is 2. The number of hydrogen-bond acceptors (Lipinski definition) is 2. The number of nitrogens with zero attached hydrogens (tertiary/aromatic N) is 1. The van der Waals surface area contributed by atoms with E-state index in [2.05, 4.69) is 5.32 Å². The molecule has 0 bridgehead atoms. The maximum atomic E-state index is 12.6. The zero-order valence-electron chi connectivity index (χ0n) is 9.21. The fourth-order valence-corrected chi connectivity index (χ4v) is 2.29. The molecule has 2 fully saturated rings. The van der Waals surface area contributed by atoms with Crippen LogP contribution < -0.4 is 5.32 Å². The van der Waals surface area contributed by atoms with E-state index in [0.29, 0.717) is 19.1 Å². The van der Waals surface area contributed by atoms with Crippen molar-refractivity contribution in [3.8, 4) is 0 Å². The first kappa shape index (κ1) is 13.6. The third-order valence-corrected chi connectivity index (χ3v) is 3.35. The lowest BCUT2D eigenvalue weighted by atomic mass is 9.80. The van der Waals surface area contributed by atoms with Crippen molar-refractivity contribution in [1.82, 2.24) is 10.2 Å². The average Bonchev–Trinajstić information content (AvgIpc) is 2.61. The van der Waals surface area contributed by atoms with Gasteiger partial charge in [0.05, 0.1) is 0 Å². The summed E-state index contributed by atoms with van der Waals surface area (Å²) in [5, 5.41) is 3.10. The van der Waals surface area contributed by atoms with Gasteiger partial charge in [-0.1, -0.05) is 0 Å². The third kappa shape index (κ3) is 2.63. The molecular weight excluding hydrogens is 238 g/mol. The van der Waals surface area contributed by atoms with E-state index in [1.807, 2.05) is 7.05 Å². The first-order chi connectivity index (χ1) is 7.02. The van der Waals surface area contributed by atoms with Crippen LogP contribution >= 0.6 is 12.4 Å². The molecule has 16 heavy (non-hydrogen) atoms. The van der Waals surface area contributed by atoms with Gasteiger partial charge in [0.2, 0.25) is 11.8 Å². The fourth-order valence-electron chi connectivity index (χ4n) is 2.29. The lowest BCUT2D eigenvalue weighted by Gasteiger charge is -2.36. The SMILES string of the molecule is CN[C@@H]1CCN(C(=O)C2CC(F)(F)C2)C1.Cl. The molecule has 1 aliphatic heterocycles. The first-order valence-corrected chi connectivity index (χ1v) is 5.36. The lowest BCUT2D eigenvalue weighted by Crippen LogP contribution is -2.46. The standard InChI is InChI=1S/C10H16F2N2O.ClH/c1-13-8-2-3-14(6-8)9(15)7-4-10(11,12)5-7;/h7-8,13H,2-6H2,1H3;1H/t8-;/m1./s1. The monoisotopic (exact) mass is 254 g/mol. The molecule has 2 rings (SSSR count). The number of likely N-dealkylation sites (N-methyl/N-ethyl adjacent to an activating group) is 1. The van der Waals surface area contributed by atoms with Crippen molar-refractivity contribution in [2.45, 2.75) is 31.2 Å². The Labute approximate surface area is 100.0 Å². The molecule has 1 saturated heterocycles. The van der Waals surface area contributed by atoms with Crippen LogP contribution in [0, 0.1) is 5.92 Å². The van der Waals surface area contributed by atoms with E-state index in [4.69, 9.17) is 0 Å². The average molecular weight is 255 g/mol. The van der Waals surface area contributed by atoms with E-state index < -0.39 is 11.8 Å². The Morgan fingerprint density at radius 2 is 2.06 bits per heavy atom. The minimum absolute atomic E-state index is 0. The predicted octanol–water partition coefficient (Wildman–Crippen LogP) is 1.27. The van der Waals surface area contributed by atoms with Gasteiger partial charge >= 0.3 is 0 Å². The first-order valence-electron chi connectivity index (χ1n) is 5.36. The van der Waals surface area contributed by atoms with Crippen LogP contribution in [0.4, 0.5) is 8.78 Å². The summed E-state index contributed by atoms with van der Waals surface area (Å²) in [6.07, 6.45) is 0.407. The molecule has 2 aliphatic rings. The summed E-state index contributed by atoms with van der Waals surface area (Å²) in [6.45, 7) is 1.36. The molecule has 94 valence electrons. The van der Waals surface area contributed by atoms with Crippen LogP contribution in [0.2, 0.25) is 0 Å². The maximum Gasteiger partial charge on any atom is 0.249 e. The topological polar surface area (TPSA) is 32.3 Å². The van der Waals surface area contributed by atoms with Gasteiger partial charge in [-0.2, -0.15) is 0 Å². The van der Waals surface area contributed by atoms with Gasteiger partial charge in [-0.15, -0.1) is 12.4 Å². The normalized spacial score (nSPS) is 28.4. The predicted molar refractivity (Wildman–Crippen MR) is 59.0 cm³/mol. The fraction of sp³-hybridized carbons (Fsp3) is 0.900. The summed E-state index contributed by atoms with van der Waals surface area (Å²) in [6, 6.07) is 0.328. The van der Waals surface area contributed by atoms with E-state index in [-0.39, 0.29) is 31.2 Å². The number of carbonyl (C=O) groups excluding carboxylic acids is 1. The molecule has 0 aromatic rings. The van der Waals surface area contributed by atoms with Gasteiger partial charge in [-0.25, -0.2) is 8.78 Å². The highest BCUT2D eigenvalue weighted by atomic mass is 35.5. The van der Waals surface area contributed by atoms with E-state index in [0.717, 1.165) is 6.42 Å². The Bertz CT molecular complexity index is 268. The molecule has 1 aliphatic carbocycles. The molecule has 1 heterocycles. The Balaban J connectivity index is 0.00000128. The van der Waals surface area contributed by atoms with E-state index >= 15 is 0 Å². The van der Waals surface area contributed by atoms with Crippen molar-refractivity contribution in [3.05, 3.63) is 0 Å². The lowest BCUT2D eigenvalue weighted by molar-refractivity contribution is -0.158. The smallest absolute Gasteiger partial charge is 0.249 e. The zero-order chi connectivity index (χ0) is 11.1. The van der Waals surface area contributed by atoms with E-state index in [1.165, 1.54) is 0 Å². The van der Waals surface area contributed by atoms with Crippen LogP contribution in [0.1, 0.15) is 19.3 Å². The minimum atomic E-state index is -2.59. The zero-order valence-corrected chi connectivity index (χ0v) is 10.0. The number of alkyl halides is 2. The Hall–Kier alpha value is -0.420. The van der Waals surface area contributed by atoms with Crippen molar-refractivity contribution >= 4 is 18.3 Å². The summed E-state index contributed by atoms with van der Waals surface area (Å²) < 4.78 is 25.2. The molecule has 3 nitrogen and oxygen atoms in total. The quantitative estimate of drug-likeness (QED) is 0.805. The van der Waals surface area contributed by atoms with Gasteiger partial charge in [0, 0.05) is 37.9 Å². The van der Waals surface area contributed by atoms with Gasteiger partial charge in [-0.3, -0.25) is 4.79 Å². The number of hydrogen-bond donors (Lipinski definition) is 1. The van der Waals surface area contributed by atoms with E-state index in [1.54, 1.807) is 4.90 Å². The summed E-state index contributed by atoms with van der Waals surface area (Å²) in [7, 11) is 1.86. The second-order valence-electron chi connectivity index (χ2n) is 4.52. The highest BCUT2D eigenvalue weighted by Gasteiger charge is 2.50. The number of likely N-dealkylation sites (tertiary alicyclic amines) is 1. The molecule has 0 aromatic carbocycles.